The highest BCUT2D eigenvalue weighted by Gasteiger charge is 2.22. The monoisotopic (exact) mass is 628 g/mol. The average molecular weight is 629 g/mol. The van der Waals surface area contributed by atoms with Crippen LogP contribution in [0.2, 0.25) is 0 Å². The highest BCUT2D eigenvalue weighted by atomic mass is 32.1. The van der Waals surface area contributed by atoms with Crippen LogP contribution < -0.4 is 0 Å². The zero-order chi connectivity index (χ0) is 31.6. The fourth-order valence-electron chi connectivity index (χ4n) is 7.61. The zero-order valence-corrected chi connectivity index (χ0v) is 26.8. The molecule has 0 saturated carbocycles. The average Bonchev–Trinajstić information content (AvgIpc) is 3.73. The third-order valence-corrected chi connectivity index (χ3v) is 10.8. The van der Waals surface area contributed by atoms with Crippen molar-refractivity contribution in [2.24, 2.45) is 0 Å². The lowest BCUT2D eigenvalue weighted by Crippen LogP contribution is -1.90. The number of thiophene rings is 1. The van der Waals surface area contributed by atoms with Gasteiger partial charge in [-0.15, -0.1) is 11.3 Å². The molecule has 2 heteroatoms. The smallest absolute Gasteiger partial charge is 0.144 e. The molecule has 0 aliphatic carbocycles. The normalized spacial score (nSPS) is 11.8. The van der Waals surface area contributed by atoms with E-state index in [-0.39, 0.29) is 0 Å². The van der Waals surface area contributed by atoms with Gasteiger partial charge < -0.3 is 4.42 Å². The quantitative estimate of drug-likeness (QED) is 0.177. The predicted octanol–water partition coefficient (Wildman–Crippen LogP) is 13.8. The molecule has 2 heterocycles. The first-order valence-electron chi connectivity index (χ1n) is 16.4. The van der Waals surface area contributed by atoms with E-state index in [0.717, 1.165) is 33.4 Å². The van der Waals surface area contributed by atoms with Crippen LogP contribution in [-0.4, -0.2) is 0 Å². The Balaban J connectivity index is 1.29. The van der Waals surface area contributed by atoms with E-state index in [4.69, 9.17) is 4.42 Å². The van der Waals surface area contributed by atoms with Gasteiger partial charge in [0.1, 0.15) is 11.3 Å². The van der Waals surface area contributed by atoms with Crippen molar-refractivity contribution in [3.63, 3.8) is 0 Å². The highest BCUT2D eigenvalue weighted by Crippen LogP contribution is 2.49. The van der Waals surface area contributed by atoms with Gasteiger partial charge in [-0.25, -0.2) is 0 Å². The molecule has 48 heavy (non-hydrogen) atoms. The molecule has 224 valence electrons. The molecule has 0 aliphatic heterocycles. The number of furan rings is 1. The Hall–Kier alpha value is -5.96. The standard InChI is InChI=1S/C46H28OS/c1-4-14-29(15-5-1)41-33-20-10-12-22-35(33)42(36-23-13-11-21-34(36)41)32-24-26-39-38(28-32)44-40(48-39)27-25-37-43(30-16-6-2-7-17-30)45(47-46(37)44)31-18-8-3-9-19-31/h1-28H. The minimum Gasteiger partial charge on any atom is -0.455 e. The lowest BCUT2D eigenvalue weighted by Gasteiger charge is -2.17. The van der Waals surface area contributed by atoms with Crippen molar-refractivity contribution in [2.45, 2.75) is 0 Å². The largest absolute Gasteiger partial charge is 0.455 e. The van der Waals surface area contributed by atoms with Gasteiger partial charge in [-0.2, -0.15) is 0 Å². The second-order valence-electron chi connectivity index (χ2n) is 12.4. The summed E-state index contributed by atoms with van der Waals surface area (Å²) in [5.41, 5.74) is 9.33. The minimum atomic E-state index is 0.910. The molecule has 0 N–H and O–H groups in total. The summed E-state index contributed by atoms with van der Waals surface area (Å²) in [6.07, 6.45) is 0. The highest BCUT2D eigenvalue weighted by molar-refractivity contribution is 7.26. The number of rotatable bonds is 4. The Labute approximate surface area is 282 Å². The number of hydrogen-bond acceptors (Lipinski definition) is 2. The van der Waals surface area contributed by atoms with Gasteiger partial charge in [0, 0.05) is 36.7 Å². The summed E-state index contributed by atoms with van der Waals surface area (Å²) in [6.45, 7) is 0. The Kier molecular flexibility index (Phi) is 6.12. The Morgan fingerprint density at radius 3 is 1.40 bits per heavy atom. The first kappa shape index (κ1) is 27.2. The summed E-state index contributed by atoms with van der Waals surface area (Å²) in [6, 6.07) is 61.2. The Morgan fingerprint density at radius 2 is 0.812 bits per heavy atom. The van der Waals surface area contributed by atoms with E-state index >= 15 is 0 Å². The van der Waals surface area contributed by atoms with Crippen molar-refractivity contribution in [3.8, 4) is 44.7 Å². The molecule has 0 amide bonds. The molecule has 0 saturated heterocycles. The van der Waals surface area contributed by atoms with Crippen molar-refractivity contribution < 1.29 is 4.42 Å². The predicted molar refractivity (Wildman–Crippen MR) is 206 cm³/mol. The molecule has 0 fully saturated rings. The van der Waals surface area contributed by atoms with Crippen molar-refractivity contribution in [1.29, 1.82) is 0 Å². The lowest BCUT2D eigenvalue weighted by molar-refractivity contribution is 0.636. The van der Waals surface area contributed by atoms with Crippen molar-refractivity contribution in [1.82, 2.24) is 0 Å². The molecule has 8 aromatic carbocycles. The van der Waals surface area contributed by atoms with E-state index in [2.05, 4.69) is 170 Å². The van der Waals surface area contributed by atoms with E-state index in [0.29, 0.717) is 0 Å². The molecular weight excluding hydrogens is 601 g/mol. The molecule has 0 atom stereocenters. The third-order valence-electron chi connectivity index (χ3n) is 9.67. The Bertz CT molecular complexity index is 2750. The number of fused-ring (bicyclic) bond motifs is 7. The van der Waals surface area contributed by atoms with Crippen LogP contribution in [-0.2, 0) is 0 Å². The molecule has 0 bridgehead atoms. The van der Waals surface area contributed by atoms with Gasteiger partial charge in [0.05, 0.1) is 0 Å². The summed E-state index contributed by atoms with van der Waals surface area (Å²) in [4.78, 5) is 0. The second-order valence-corrected chi connectivity index (χ2v) is 13.5. The van der Waals surface area contributed by atoms with Crippen LogP contribution in [0.4, 0.5) is 0 Å². The second kappa shape index (κ2) is 10.8. The van der Waals surface area contributed by atoms with Gasteiger partial charge >= 0.3 is 0 Å². The van der Waals surface area contributed by atoms with E-state index in [9.17, 15) is 0 Å². The molecule has 2 aromatic heterocycles. The molecule has 10 rings (SSSR count). The summed E-state index contributed by atoms with van der Waals surface area (Å²) in [5.74, 6) is 0.910. The van der Waals surface area contributed by atoms with Crippen LogP contribution in [0.15, 0.2) is 174 Å². The van der Waals surface area contributed by atoms with Crippen LogP contribution >= 0.6 is 11.3 Å². The van der Waals surface area contributed by atoms with Crippen molar-refractivity contribution >= 4 is 64.0 Å². The molecule has 0 unspecified atom stereocenters. The van der Waals surface area contributed by atoms with Crippen LogP contribution in [0, 0.1) is 0 Å². The van der Waals surface area contributed by atoms with Crippen LogP contribution in [0.1, 0.15) is 0 Å². The summed E-state index contributed by atoms with van der Waals surface area (Å²) in [7, 11) is 0. The molecule has 0 radical (unpaired) electrons. The maximum atomic E-state index is 6.98. The van der Waals surface area contributed by atoms with E-state index in [1.807, 2.05) is 11.3 Å². The van der Waals surface area contributed by atoms with Crippen LogP contribution in [0.25, 0.3) is 97.4 Å². The van der Waals surface area contributed by atoms with Gasteiger partial charge in [0.15, 0.2) is 0 Å². The number of benzene rings is 8. The zero-order valence-electron chi connectivity index (χ0n) is 26.0. The van der Waals surface area contributed by atoms with E-state index in [1.165, 1.54) is 64.0 Å². The van der Waals surface area contributed by atoms with Gasteiger partial charge in [-0.3, -0.25) is 0 Å². The maximum Gasteiger partial charge on any atom is 0.144 e. The fourth-order valence-corrected chi connectivity index (χ4v) is 8.70. The molecule has 0 spiro atoms. The van der Waals surface area contributed by atoms with Crippen molar-refractivity contribution in [3.05, 3.63) is 170 Å². The lowest BCUT2D eigenvalue weighted by atomic mass is 9.86. The fraction of sp³-hybridized carbons (Fsp3) is 0. The minimum absolute atomic E-state index is 0.910. The molecule has 10 aromatic rings. The summed E-state index contributed by atoms with van der Waals surface area (Å²) in [5, 5.41) is 8.60. The molecule has 0 aliphatic rings. The Morgan fingerprint density at radius 1 is 0.333 bits per heavy atom. The van der Waals surface area contributed by atoms with Crippen molar-refractivity contribution in [2.75, 3.05) is 0 Å². The van der Waals surface area contributed by atoms with Gasteiger partial charge in [-0.05, 0) is 73.6 Å². The molecule has 1 nitrogen and oxygen atoms in total. The van der Waals surface area contributed by atoms with Gasteiger partial charge in [0.25, 0.3) is 0 Å². The first-order valence-corrected chi connectivity index (χ1v) is 17.2. The molecular formula is C46H28OS. The SMILES string of the molecule is c1ccc(-c2oc3c(ccc4sc5ccc(-c6c7ccccc7c(-c7ccccc7)c7ccccc67)cc5c43)c2-c2ccccc2)cc1. The first-order chi connectivity index (χ1) is 23.8. The van der Waals surface area contributed by atoms with Gasteiger partial charge in [0.2, 0.25) is 0 Å². The van der Waals surface area contributed by atoms with E-state index < -0.39 is 0 Å². The topological polar surface area (TPSA) is 13.1 Å². The van der Waals surface area contributed by atoms with Crippen LogP contribution in [0.5, 0.6) is 0 Å². The summed E-state index contributed by atoms with van der Waals surface area (Å²) >= 11 is 1.83. The van der Waals surface area contributed by atoms with Crippen LogP contribution in [0.3, 0.4) is 0 Å². The maximum absolute atomic E-state index is 6.98. The third kappa shape index (κ3) is 4.10. The van der Waals surface area contributed by atoms with Gasteiger partial charge in [-0.1, -0.05) is 146 Å². The summed E-state index contributed by atoms with van der Waals surface area (Å²) < 4.78 is 9.47. The number of hydrogen-bond donors (Lipinski definition) is 0. The van der Waals surface area contributed by atoms with E-state index in [1.54, 1.807) is 0 Å².